The van der Waals surface area contributed by atoms with Gasteiger partial charge in [-0.2, -0.15) is 0 Å². The molecule has 0 N–H and O–H groups in total. The highest BCUT2D eigenvalue weighted by atomic mass is 16.5. The van der Waals surface area contributed by atoms with Gasteiger partial charge in [-0.25, -0.2) is 0 Å². The van der Waals surface area contributed by atoms with Crippen molar-refractivity contribution in [3.8, 4) is 0 Å². The van der Waals surface area contributed by atoms with Crippen molar-refractivity contribution in [2.24, 2.45) is 46.3 Å². The number of esters is 2. The van der Waals surface area contributed by atoms with Crippen molar-refractivity contribution in [3.63, 3.8) is 0 Å². The fraction of sp³-hybridized carbons (Fsp3) is 0.889. The summed E-state index contributed by atoms with van der Waals surface area (Å²) < 4.78 is 11.0. The second kappa shape index (κ2) is 8.76. The maximum Gasteiger partial charge on any atom is 0.305 e. The van der Waals surface area contributed by atoms with Crippen molar-refractivity contribution in [2.75, 3.05) is 7.11 Å². The van der Waals surface area contributed by atoms with E-state index in [1.54, 1.807) is 6.92 Å². The number of carbonyl (C=O) groups is 3. The molecule has 9 atom stereocenters. The summed E-state index contributed by atoms with van der Waals surface area (Å²) in [5.41, 5.74) is 0.140. The standard InChI is InChI=1S/C27H42O5/c1-16(6-11-25(30)31-5)21-9-10-22-20-8-7-18-14-19(29)12-13-26(18,3)23(20)15-24(27(21,22)4)32-17(2)28/h16,18,20-24H,6-15H2,1-5H3/t16-,18-,20+,21-,22+,23+,24-,26+,27-/m1/s1. The SMILES string of the molecule is COC(=O)CC[C@@H](C)[C@H]1CC[C@H]2[C@@H]3CC[C@@H]4CC(=O)CC[C@]4(C)[C@H]3C[C@@H](OC(C)=O)[C@]12C. The van der Waals surface area contributed by atoms with Crippen molar-refractivity contribution in [3.05, 3.63) is 0 Å². The Balaban J connectivity index is 1.62. The molecule has 0 unspecified atom stereocenters. The molecule has 0 aromatic rings. The Labute approximate surface area is 193 Å². The Kier molecular flexibility index (Phi) is 6.50. The summed E-state index contributed by atoms with van der Waals surface area (Å²) in [5, 5.41) is 0. The Bertz CT molecular complexity index is 761. The molecule has 4 rings (SSSR count). The molecule has 180 valence electrons. The van der Waals surface area contributed by atoms with Crippen LogP contribution in [0.15, 0.2) is 0 Å². The van der Waals surface area contributed by atoms with Crippen molar-refractivity contribution in [1.82, 2.24) is 0 Å². The predicted octanol–water partition coefficient (Wildman–Crippen LogP) is 5.35. The third-order valence-electron chi connectivity index (χ3n) is 10.7. The number of ether oxygens (including phenoxy) is 2. The topological polar surface area (TPSA) is 69.7 Å². The summed E-state index contributed by atoms with van der Waals surface area (Å²) >= 11 is 0. The minimum absolute atomic E-state index is 0.0456. The van der Waals surface area contributed by atoms with E-state index in [0.717, 1.165) is 38.5 Å². The molecule has 0 spiro atoms. The maximum absolute atomic E-state index is 12.2. The molecule has 4 aliphatic rings. The van der Waals surface area contributed by atoms with Gasteiger partial charge in [0.25, 0.3) is 0 Å². The van der Waals surface area contributed by atoms with Crippen LogP contribution in [0, 0.1) is 46.3 Å². The highest BCUT2D eigenvalue weighted by Gasteiger charge is 2.64. The fourth-order valence-corrected chi connectivity index (χ4v) is 8.97. The van der Waals surface area contributed by atoms with Gasteiger partial charge in [0.05, 0.1) is 7.11 Å². The van der Waals surface area contributed by atoms with Gasteiger partial charge in [0, 0.05) is 31.6 Å². The zero-order valence-corrected chi connectivity index (χ0v) is 20.7. The Morgan fingerprint density at radius 2 is 1.88 bits per heavy atom. The molecule has 0 radical (unpaired) electrons. The van der Waals surface area contributed by atoms with E-state index in [4.69, 9.17) is 9.47 Å². The first-order valence-corrected chi connectivity index (χ1v) is 12.9. The molecule has 5 nitrogen and oxygen atoms in total. The molecule has 4 aliphatic carbocycles. The third kappa shape index (κ3) is 3.81. The number of hydrogen-bond donors (Lipinski definition) is 0. The summed E-state index contributed by atoms with van der Waals surface area (Å²) in [6.07, 6.45) is 9.27. The van der Waals surface area contributed by atoms with Gasteiger partial charge >= 0.3 is 11.9 Å². The number of methoxy groups -OCH3 is 1. The summed E-state index contributed by atoms with van der Waals surface area (Å²) in [7, 11) is 1.45. The molecule has 4 saturated carbocycles. The van der Waals surface area contributed by atoms with Crippen molar-refractivity contribution in [1.29, 1.82) is 0 Å². The molecular formula is C27H42O5. The van der Waals surface area contributed by atoms with Crippen molar-refractivity contribution >= 4 is 17.7 Å². The molecule has 0 heterocycles. The largest absolute Gasteiger partial charge is 0.469 e. The van der Waals surface area contributed by atoms with Gasteiger partial charge < -0.3 is 9.47 Å². The first-order valence-electron chi connectivity index (χ1n) is 12.9. The van der Waals surface area contributed by atoms with Crippen LogP contribution in [0.25, 0.3) is 0 Å². The Morgan fingerprint density at radius 3 is 2.56 bits per heavy atom. The number of rotatable bonds is 5. The van der Waals surface area contributed by atoms with E-state index in [-0.39, 0.29) is 28.9 Å². The van der Waals surface area contributed by atoms with Crippen molar-refractivity contribution in [2.45, 2.75) is 98.0 Å². The van der Waals surface area contributed by atoms with E-state index in [0.29, 0.717) is 54.1 Å². The average molecular weight is 447 g/mol. The Hall–Kier alpha value is -1.39. The molecular weight excluding hydrogens is 404 g/mol. The van der Waals surface area contributed by atoms with Gasteiger partial charge in [-0.15, -0.1) is 0 Å². The van der Waals surface area contributed by atoms with E-state index in [9.17, 15) is 14.4 Å². The van der Waals surface area contributed by atoms with Gasteiger partial charge in [0.15, 0.2) is 0 Å². The second-order valence-electron chi connectivity index (χ2n) is 11.9. The summed E-state index contributed by atoms with van der Waals surface area (Å²) in [4.78, 5) is 36.2. The van der Waals surface area contributed by atoms with Gasteiger partial charge in [-0.05, 0) is 85.9 Å². The van der Waals surface area contributed by atoms with Crippen LogP contribution in [0.1, 0.15) is 91.9 Å². The minimum Gasteiger partial charge on any atom is -0.469 e. The third-order valence-corrected chi connectivity index (χ3v) is 10.7. The van der Waals surface area contributed by atoms with Crippen LogP contribution in [0.2, 0.25) is 0 Å². The van der Waals surface area contributed by atoms with Gasteiger partial charge in [0.2, 0.25) is 0 Å². The van der Waals surface area contributed by atoms with E-state index >= 15 is 0 Å². The van der Waals surface area contributed by atoms with Crippen LogP contribution >= 0.6 is 0 Å². The van der Waals surface area contributed by atoms with Gasteiger partial charge in [0.1, 0.15) is 11.9 Å². The maximum atomic E-state index is 12.2. The predicted molar refractivity (Wildman–Crippen MR) is 122 cm³/mol. The fourth-order valence-electron chi connectivity index (χ4n) is 8.97. The minimum atomic E-state index is -0.183. The molecule has 0 bridgehead atoms. The summed E-state index contributed by atoms with van der Waals surface area (Å²) in [6, 6.07) is 0. The van der Waals surface area contributed by atoms with Gasteiger partial charge in [-0.3, -0.25) is 14.4 Å². The van der Waals surface area contributed by atoms with Crippen LogP contribution in [0.5, 0.6) is 0 Å². The lowest BCUT2D eigenvalue weighted by Gasteiger charge is -2.62. The smallest absolute Gasteiger partial charge is 0.305 e. The van der Waals surface area contributed by atoms with Crippen LogP contribution in [-0.2, 0) is 23.9 Å². The summed E-state index contributed by atoms with van der Waals surface area (Å²) in [6.45, 7) is 8.62. The number of ketones is 1. The molecule has 0 aromatic heterocycles. The first-order chi connectivity index (χ1) is 15.1. The molecule has 0 amide bonds. The molecule has 5 heteroatoms. The van der Waals surface area contributed by atoms with Crippen LogP contribution in [0.4, 0.5) is 0 Å². The zero-order valence-electron chi connectivity index (χ0n) is 20.7. The van der Waals surface area contributed by atoms with E-state index in [2.05, 4.69) is 20.8 Å². The Morgan fingerprint density at radius 1 is 1.12 bits per heavy atom. The monoisotopic (exact) mass is 446 g/mol. The average Bonchev–Trinajstić information content (AvgIpc) is 3.11. The molecule has 0 aliphatic heterocycles. The number of carbonyl (C=O) groups excluding carboxylic acids is 3. The zero-order chi connectivity index (χ0) is 23.3. The van der Waals surface area contributed by atoms with E-state index in [1.807, 2.05) is 0 Å². The lowest BCUT2D eigenvalue weighted by atomic mass is 9.43. The van der Waals surface area contributed by atoms with Gasteiger partial charge in [-0.1, -0.05) is 20.8 Å². The molecule has 0 saturated heterocycles. The number of fused-ring (bicyclic) bond motifs is 5. The second-order valence-corrected chi connectivity index (χ2v) is 11.9. The van der Waals surface area contributed by atoms with Crippen LogP contribution < -0.4 is 0 Å². The van der Waals surface area contributed by atoms with Crippen LogP contribution in [0.3, 0.4) is 0 Å². The lowest BCUT2D eigenvalue weighted by molar-refractivity contribution is -0.193. The molecule has 0 aromatic carbocycles. The first kappa shape index (κ1) is 23.8. The highest BCUT2D eigenvalue weighted by Crippen LogP contribution is 2.68. The van der Waals surface area contributed by atoms with Crippen LogP contribution in [-0.4, -0.2) is 30.9 Å². The normalized spacial score (nSPS) is 44.1. The lowest BCUT2D eigenvalue weighted by Crippen LogP contribution is -2.59. The highest BCUT2D eigenvalue weighted by molar-refractivity contribution is 5.79. The molecule has 32 heavy (non-hydrogen) atoms. The van der Waals surface area contributed by atoms with E-state index in [1.165, 1.54) is 20.0 Å². The number of hydrogen-bond acceptors (Lipinski definition) is 5. The summed E-state index contributed by atoms with van der Waals surface area (Å²) in [5.74, 6) is 3.16. The quantitative estimate of drug-likeness (QED) is 0.533. The number of Topliss-reactive ketones (excluding diaryl/α,β-unsaturated/α-hetero) is 1. The van der Waals surface area contributed by atoms with Crippen molar-refractivity contribution < 1.29 is 23.9 Å². The van der Waals surface area contributed by atoms with E-state index < -0.39 is 0 Å². The molecule has 4 fully saturated rings.